The Labute approximate surface area is 305 Å². The average Bonchev–Trinajstić information content (AvgIpc) is 3.69. The van der Waals surface area contributed by atoms with Crippen LogP contribution in [-0.2, 0) is 43.0 Å². The molecule has 0 spiro atoms. The van der Waals surface area contributed by atoms with E-state index in [2.05, 4.69) is 5.32 Å². The fourth-order valence-electron chi connectivity index (χ4n) is 6.56. The Hall–Kier alpha value is -3.40. The van der Waals surface area contributed by atoms with Crippen LogP contribution < -0.4 is 11.1 Å². The molecule has 288 valence electrons. The molecule has 2 aliphatic heterocycles. The number of likely N-dealkylation sites (tertiary alicyclic amines) is 1. The smallest absolute Gasteiger partial charge is 0.407 e. The summed E-state index contributed by atoms with van der Waals surface area (Å²) < 4.78 is 17.4. The monoisotopic (exact) mass is 739 g/mol. The number of esters is 1. The van der Waals surface area contributed by atoms with Gasteiger partial charge in [0.1, 0.15) is 23.9 Å². The van der Waals surface area contributed by atoms with Crippen LogP contribution in [0.5, 0.6) is 0 Å². The third-order valence-corrected chi connectivity index (χ3v) is 11.6. The van der Waals surface area contributed by atoms with Gasteiger partial charge >= 0.3 is 12.1 Å². The van der Waals surface area contributed by atoms with Gasteiger partial charge in [0.15, 0.2) is 0 Å². The van der Waals surface area contributed by atoms with E-state index in [1.54, 1.807) is 27.9 Å². The molecule has 3 rings (SSSR count). The average molecular weight is 740 g/mol. The van der Waals surface area contributed by atoms with Gasteiger partial charge in [-0.2, -0.15) is 0 Å². The van der Waals surface area contributed by atoms with Gasteiger partial charge in [0, 0.05) is 64.2 Å². The number of ether oxygens (including phenoxy) is 3. The molecule has 1 aliphatic carbocycles. The van der Waals surface area contributed by atoms with E-state index in [1.165, 1.54) is 40.4 Å². The molecule has 51 heavy (non-hydrogen) atoms. The number of imide groups is 1. The predicted octanol–water partition coefficient (Wildman–Crippen LogP) is 2.08. The number of carbonyl (C=O) groups is 7. The maximum absolute atomic E-state index is 13.4. The Morgan fingerprint density at radius 2 is 1.63 bits per heavy atom. The van der Waals surface area contributed by atoms with Crippen LogP contribution in [0.3, 0.4) is 0 Å². The molecule has 0 aromatic carbocycles. The Bertz CT molecular complexity index is 1320. The number of thioether (sulfide) groups is 1. The minimum atomic E-state index is -1.03. The van der Waals surface area contributed by atoms with Gasteiger partial charge in [-0.15, -0.1) is 11.8 Å². The number of likely N-dealkylation sites (N-methyl/N-ethyl adjacent to an activating group) is 1. The van der Waals surface area contributed by atoms with Crippen molar-refractivity contribution in [3.05, 3.63) is 0 Å². The van der Waals surface area contributed by atoms with E-state index in [-0.39, 0.29) is 78.3 Å². The van der Waals surface area contributed by atoms with Gasteiger partial charge in [-0.1, -0.05) is 6.92 Å². The number of carbonyl (C=O) groups excluding carboxylic acids is 7. The van der Waals surface area contributed by atoms with Crippen molar-refractivity contribution in [2.45, 2.75) is 128 Å². The number of amides is 6. The largest absolute Gasteiger partial charge is 0.457 e. The van der Waals surface area contributed by atoms with Crippen molar-refractivity contribution in [2.24, 2.45) is 23.5 Å². The summed E-state index contributed by atoms with van der Waals surface area (Å²) in [6, 6.07) is -1.09. The third-order valence-electron chi connectivity index (χ3n) is 10.4. The number of nitrogens with one attached hydrogen (secondary N) is 1. The summed E-state index contributed by atoms with van der Waals surface area (Å²) in [6.07, 6.45) is 0.183. The Balaban J connectivity index is 1.52. The van der Waals surface area contributed by atoms with E-state index < -0.39 is 47.3 Å². The fraction of sp³-hybridized carbons (Fsp3) is 0.800. The zero-order valence-corrected chi connectivity index (χ0v) is 32.3. The minimum Gasteiger partial charge on any atom is -0.457 e. The van der Waals surface area contributed by atoms with E-state index in [0.717, 1.165) is 12.8 Å². The highest BCUT2D eigenvalue weighted by molar-refractivity contribution is 8.00. The molecule has 15 nitrogen and oxygen atoms in total. The van der Waals surface area contributed by atoms with Crippen LogP contribution in [0.2, 0.25) is 0 Å². The lowest BCUT2D eigenvalue weighted by molar-refractivity contribution is -0.162. The highest BCUT2D eigenvalue weighted by atomic mass is 32.2. The second-order valence-electron chi connectivity index (χ2n) is 14.9. The maximum atomic E-state index is 13.4. The third kappa shape index (κ3) is 11.0. The number of alkyl carbamates (subject to hydrolysis) is 1. The van der Waals surface area contributed by atoms with Crippen molar-refractivity contribution in [2.75, 3.05) is 33.4 Å². The quantitative estimate of drug-likeness (QED) is 0.126. The number of hydrogen-bond acceptors (Lipinski definition) is 11. The van der Waals surface area contributed by atoms with Crippen LogP contribution in [0.4, 0.5) is 4.79 Å². The van der Waals surface area contributed by atoms with Crippen molar-refractivity contribution >= 4 is 53.4 Å². The molecule has 0 aromatic rings. The summed E-state index contributed by atoms with van der Waals surface area (Å²) >= 11 is 1.24. The molecule has 0 aromatic heterocycles. The number of epoxide rings is 1. The summed E-state index contributed by atoms with van der Waals surface area (Å²) in [6.45, 7) is 10.9. The fourth-order valence-corrected chi connectivity index (χ4v) is 7.67. The molecule has 7 atom stereocenters. The van der Waals surface area contributed by atoms with E-state index in [4.69, 9.17) is 19.9 Å². The van der Waals surface area contributed by atoms with E-state index in [1.807, 2.05) is 20.8 Å². The molecular formula is C35H57N5O10S. The van der Waals surface area contributed by atoms with Gasteiger partial charge in [-0.25, -0.2) is 9.59 Å². The predicted molar refractivity (Wildman–Crippen MR) is 189 cm³/mol. The second-order valence-corrected chi connectivity index (χ2v) is 16.2. The highest BCUT2D eigenvalue weighted by Gasteiger charge is 2.63. The lowest BCUT2D eigenvalue weighted by Gasteiger charge is -2.29. The number of nitrogens with two attached hydrogens (primary N) is 1. The number of rotatable bonds is 17. The van der Waals surface area contributed by atoms with E-state index in [0.29, 0.717) is 19.4 Å². The van der Waals surface area contributed by atoms with Gasteiger partial charge in [-0.3, -0.25) is 28.9 Å². The highest BCUT2D eigenvalue weighted by Crippen LogP contribution is 2.47. The summed E-state index contributed by atoms with van der Waals surface area (Å²) in [5, 5.41) is 2.10. The van der Waals surface area contributed by atoms with Crippen LogP contribution >= 0.6 is 11.8 Å². The summed E-state index contributed by atoms with van der Waals surface area (Å²) in [7, 11) is 4.68. The first kappa shape index (κ1) is 42.0. The van der Waals surface area contributed by atoms with E-state index >= 15 is 0 Å². The van der Waals surface area contributed by atoms with Gasteiger partial charge in [0.25, 0.3) is 0 Å². The minimum absolute atomic E-state index is 0.0269. The van der Waals surface area contributed by atoms with E-state index in [9.17, 15) is 33.6 Å². The van der Waals surface area contributed by atoms with Crippen LogP contribution in [0.1, 0.15) is 86.5 Å². The van der Waals surface area contributed by atoms with Crippen molar-refractivity contribution in [3.63, 3.8) is 0 Å². The molecule has 2 saturated heterocycles. The van der Waals surface area contributed by atoms with Crippen molar-refractivity contribution < 1.29 is 47.8 Å². The van der Waals surface area contributed by atoms with Crippen molar-refractivity contribution in [1.82, 2.24) is 20.0 Å². The Morgan fingerprint density at radius 1 is 1.00 bits per heavy atom. The molecule has 3 aliphatic rings. The zero-order chi connectivity index (χ0) is 38.4. The molecule has 16 heteroatoms. The van der Waals surface area contributed by atoms with Crippen molar-refractivity contribution in [3.8, 4) is 0 Å². The van der Waals surface area contributed by atoms with Crippen LogP contribution in [-0.4, -0.2) is 131 Å². The Kier molecular flexibility index (Phi) is 14.7. The van der Waals surface area contributed by atoms with Gasteiger partial charge in [0.2, 0.25) is 29.5 Å². The van der Waals surface area contributed by atoms with Gasteiger partial charge < -0.3 is 35.1 Å². The topological polar surface area (TPSA) is 198 Å². The van der Waals surface area contributed by atoms with Crippen molar-refractivity contribution in [1.29, 1.82) is 0 Å². The zero-order valence-electron chi connectivity index (χ0n) is 31.5. The molecule has 0 bridgehead atoms. The molecule has 6 amide bonds. The lowest BCUT2D eigenvalue weighted by atomic mass is 9.81. The standard InChI is InChI=1S/C35H57N5O10S/c1-19(2)37-34(47)48-22(5)20(3)30-35(6,50-30)26(17-28(42)38(7)8)49-33(46)21(4)39(9)27(41)14-15-51-25-16-29(43)40(32(25)45)18-23-10-12-24(13-11-23)31(36)44/h19-26,30H,10-18H2,1-9H3,(H2,36,44)(H,37,47)/t20-,21+,22+,23?,24?,25?,26+,30+,35+/m1/s1. The number of nitrogens with zero attached hydrogens (tertiary/aromatic N) is 3. The molecule has 1 saturated carbocycles. The molecule has 1 unspecified atom stereocenters. The number of primary amides is 1. The van der Waals surface area contributed by atoms with Gasteiger partial charge in [-0.05, 0) is 66.2 Å². The second kappa shape index (κ2) is 17.9. The Morgan fingerprint density at radius 3 is 2.20 bits per heavy atom. The molecule has 2 heterocycles. The molecule has 3 fully saturated rings. The van der Waals surface area contributed by atoms with Gasteiger partial charge in [0.05, 0.1) is 17.8 Å². The summed E-state index contributed by atoms with van der Waals surface area (Å²) in [4.78, 5) is 92.6. The summed E-state index contributed by atoms with van der Waals surface area (Å²) in [5.41, 5.74) is 4.39. The molecular weight excluding hydrogens is 682 g/mol. The maximum Gasteiger partial charge on any atom is 0.407 e. The van der Waals surface area contributed by atoms with Crippen LogP contribution in [0.15, 0.2) is 0 Å². The normalized spacial score (nSPS) is 26.9. The molecule has 0 radical (unpaired) electrons. The first-order chi connectivity index (χ1) is 23.8. The summed E-state index contributed by atoms with van der Waals surface area (Å²) in [5.74, 6) is -2.18. The lowest BCUT2D eigenvalue weighted by Crippen LogP contribution is -2.46. The first-order valence-electron chi connectivity index (χ1n) is 17.8. The molecule has 3 N–H and O–H groups in total. The SMILES string of the molecule is CC(C)NC(=O)O[C@@H](C)[C@@H](C)[C@@H]1O[C@@]1(C)[C@H](CC(=O)N(C)C)OC(=O)[C@H](C)N(C)C(=O)CCSC1CC(=O)N(CC2CCC(C(N)=O)CC2)C1=O. The first-order valence-corrected chi connectivity index (χ1v) is 18.9. The number of hydrogen-bond donors (Lipinski definition) is 2. The van der Waals surface area contributed by atoms with Crippen LogP contribution in [0, 0.1) is 17.8 Å². The van der Waals surface area contributed by atoms with Crippen LogP contribution in [0.25, 0.3) is 0 Å².